The van der Waals surface area contributed by atoms with Crippen LogP contribution >= 0.6 is 22.6 Å². The minimum Gasteiger partial charge on any atom is -0.490 e. The molecule has 110 valence electrons. The Bertz CT molecular complexity index is 641. The van der Waals surface area contributed by atoms with E-state index in [-0.39, 0.29) is 6.04 Å². The first-order chi connectivity index (χ1) is 10.2. The fraction of sp³-hybridized carbons (Fsp3) is 0.333. The Hall–Kier alpha value is -1.07. The molecule has 0 saturated carbocycles. The maximum absolute atomic E-state index is 5.80. The molecule has 2 nitrogen and oxygen atoms in total. The van der Waals surface area contributed by atoms with Gasteiger partial charge in [0.15, 0.2) is 0 Å². The summed E-state index contributed by atoms with van der Waals surface area (Å²) in [5.41, 5.74) is 3.96. The van der Waals surface area contributed by atoms with Crippen LogP contribution in [0.5, 0.6) is 5.75 Å². The zero-order valence-electron chi connectivity index (χ0n) is 12.4. The minimum absolute atomic E-state index is 0.242. The summed E-state index contributed by atoms with van der Waals surface area (Å²) in [4.78, 5) is 0. The van der Waals surface area contributed by atoms with Crippen molar-refractivity contribution in [1.29, 1.82) is 0 Å². The van der Waals surface area contributed by atoms with E-state index in [1.54, 1.807) is 0 Å². The molecule has 0 spiro atoms. The molecule has 1 heterocycles. The van der Waals surface area contributed by atoms with Gasteiger partial charge in [0.25, 0.3) is 0 Å². The van der Waals surface area contributed by atoms with Crippen LogP contribution in [0.3, 0.4) is 0 Å². The lowest BCUT2D eigenvalue weighted by atomic mass is 9.96. The third-order valence-corrected chi connectivity index (χ3v) is 4.51. The molecule has 0 amide bonds. The molecular formula is C18H20INO. The molecule has 1 N–H and O–H groups in total. The third-order valence-electron chi connectivity index (χ3n) is 3.84. The summed E-state index contributed by atoms with van der Waals surface area (Å²) in [5, 5.41) is 3.60. The van der Waals surface area contributed by atoms with E-state index in [0.29, 0.717) is 6.10 Å². The van der Waals surface area contributed by atoms with E-state index in [0.717, 1.165) is 18.7 Å². The summed E-state index contributed by atoms with van der Waals surface area (Å²) in [6.07, 6.45) is 1.31. The van der Waals surface area contributed by atoms with Crippen molar-refractivity contribution >= 4 is 22.6 Å². The Labute approximate surface area is 140 Å². The van der Waals surface area contributed by atoms with Crippen molar-refractivity contribution in [3.8, 4) is 5.75 Å². The van der Waals surface area contributed by atoms with Crippen LogP contribution in [0.4, 0.5) is 0 Å². The number of hydrogen-bond donors (Lipinski definition) is 1. The second-order valence-electron chi connectivity index (χ2n) is 5.55. The van der Waals surface area contributed by atoms with Crippen LogP contribution in [0, 0.1) is 3.57 Å². The zero-order valence-corrected chi connectivity index (χ0v) is 14.6. The van der Waals surface area contributed by atoms with Gasteiger partial charge in [0, 0.05) is 9.99 Å². The van der Waals surface area contributed by atoms with Gasteiger partial charge in [0.1, 0.15) is 11.9 Å². The number of rotatable bonds is 4. The first-order valence-electron chi connectivity index (χ1n) is 7.45. The molecule has 2 aromatic carbocycles. The lowest BCUT2D eigenvalue weighted by Gasteiger charge is -2.20. The molecule has 0 bridgehead atoms. The van der Waals surface area contributed by atoms with Crippen molar-refractivity contribution in [3.63, 3.8) is 0 Å². The zero-order chi connectivity index (χ0) is 14.8. The maximum Gasteiger partial charge on any atom is 0.123 e. The molecule has 0 radical (unpaired) electrons. The monoisotopic (exact) mass is 393 g/mol. The Morgan fingerprint density at radius 1 is 1.24 bits per heavy atom. The van der Waals surface area contributed by atoms with Gasteiger partial charge in [0.05, 0.1) is 6.04 Å². The molecular weight excluding hydrogens is 373 g/mol. The fourth-order valence-electron chi connectivity index (χ4n) is 2.94. The van der Waals surface area contributed by atoms with Crippen LogP contribution in [-0.4, -0.2) is 12.6 Å². The molecule has 0 saturated heterocycles. The van der Waals surface area contributed by atoms with Crippen molar-refractivity contribution in [1.82, 2.24) is 5.32 Å². The molecule has 1 aliphatic heterocycles. The highest BCUT2D eigenvalue weighted by atomic mass is 127. The standard InChI is InChI=1S/C18H20INO/c1-3-20-18(13-5-4-6-16(19)11-13)14-7-8-17-15(10-14)9-12(2)21-17/h4-8,10-12,18,20H,3,9H2,1-2H3. The summed E-state index contributed by atoms with van der Waals surface area (Å²) in [6, 6.07) is 15.5. The molecule has 0 aromatic heterocycles. The van der Waals surface area contributed by atoms with Crippen LogP contribution in [0.2, 0.25) is 0 Å². The van der Waals surface area contributed by atoms with E-state index in [4.69, 9.17) is 4.74 Å². The SMILES string of the molecule is CCNC(c1cccc(I)c1)c1ccc2c(c1)CC(C)O2. The largest absolute Gasteiger partial charge is 0.490 e. The Morgan fingerprint density at radius 2 is 2.05 bits per heavy atom. The predicted octanol–water partition coefficient (Wildman–Crippen LogP) is 4.31. The average Bonchev–Trinajstić information content (AvgIpc) is 2.83. The van der Waals surface area contributed by atoms with Crippen molar-refractivity contribution < 1.29 is 4.74 Å². The van der Waals surface area contributed by atoms with Crippen molar-refractivity contribution in [2.24, 2.45) is 0 Å². The van der Waals surface area contributed by atoms with Gasteiger partial charge in [-0.1, -0.05) is 31.2 Å². The number of benzene rings is 2. The Kier molecular flexibility index (Phi) is 4.50. The maximum atomic E-state index is 5.80. The van der Waals surface area contributed by atoms with Gasteiger partial charge >= 0.3 is 0 Å². The van der Waals surface area contributed by atoms with E-state index in [1.165, 1.54) is 20.3 Å². The summed E-state index contributed by atoms with van der Waals surface area (Å²) in [6.45, 7) is 5.22. The molecule has 2 atom stereocenters. The van der Waals surface area contributed by atoms with Gasteiger partial charge in [-0.2, -0.15) is 0 Å². The Balaban J connectivity index is 1.96. The van der Waals surface area contributed by atoms with Crippen LogP contribution in [-0.2, 0) is 6.42 Å². The summed E-state index contributed by atoms with van der Waals surface area (Å²) < 4.78 is 7.07. The molecule has 2 aromatic rings. The lowest BCUT2D eigenvalue weighted by Crippen LogP contribution is -2.22. The van der Waals surface area contributed by atoms with E-state index in [9.17, 15) is 0 Å². The first-order valence-corrected chi connectivity index (χ1v) is 8.53. The lowest BCUT2D eigenvalue weighted by molar-refractivity contribution is 0.254. The first kappa shape index (κ1) is 14.9. The smallest absolute Gasteiger partial charge is 0.123 e. The quantitative estimate of drug-likeness (QED) is 0.782. The van der Waals surface area contributed by atoms with Gasteiger partial charge in [-0.25, -0.2) is 0 Å². The fourth-order valence-corrected chi connectivity index (χ4v) is 3.51. The summed E-state index contributed by atoms with van der Waals surface area (Å²) in [5.74, 6) is 1.05. The van der Waals surface area contributed by atoms with E-state index < -0.39 is 0 Å². The molecule has 21 heavy (non-hydrogen) atoms. The Morgan fingerprint density at radius 3 is 2.81 bits per heavy atom. The minimum atomic E-state index is 0.242. The highest BCUT2D eigenvalue weighted by Crippen LogP contribution is 2.33. The van der Waals surface area contributed by atoms with Crippen LogP contribution in [0.25, 0.3) is 0 Å². The second kappa shape index (κ2) is 6.36. The number of hydrogen-bond acceptors (Lipinski definition) is 2. The van der Waals surface area contributed by atoms with Crippen molar-refractivity contribution in [2.45, 2.75) is 32.4 Å². The van der Waals surface area contributed by atoms with Crippen LogP contribution < -0.4 is 10.1 Å². The number of fused-ring (bicyclic) bond motifs is 1. The van der Waals surface area contributed by atoms with E-state index in [2.05, 4.69) is 84.2 Å². The molecule has 3 rings (SSSR count). The van der Waals surface area contributed by atoms with Crippen molar-refractivity contribution in [3.05, 3.63) is 62.7 Å². The normalized spacial score (nSPS) is 18.1. The van der Waals surface area contributed by atoms with Gasteiger partial charge < -0.3 is 10.1 Å². The van der Waals surface area contributed by atoms with Gasteiger partial charge in [-0.05, 0) is 70.9 Å². The number of ether oxygens (including phenoxy) is 1. The van der Waals surface area contributed by atoms with Crippen LogP contribution in [0.1, 0.15) is 36.6 Å². The van der Waals surface area contributed by atoms with Gasteiger partial charge in [-0.15, -0.1) is 0 Å². The van der Waals surface area contributed by atoms with Crippen LogP contribution in [0.15, 0.2) is 42.5 Å². The highest BCUT2D eigenvalue weighted by Gasteiger charge is 2.21. The molecule has 2 unspecified atom stereocenters. The number of nitrogens with one attached hydrogen (secondary N) is 1. The van der Waals surface area contributed by atoms with Crippen molar-refractivity contribution in [2.75, 3.05) is 6.54 Å². The molecule has 1 aliphatic rings. The summed E-state index contributed by atoms with van der Waals surface area (Å²) in [7, 11) is 0. The third kappa shape index (κ3) is 3.24. The second-order valence-corrected chi connectivity index (χ2v) is 6.79. The van der Waals surface area contributed by atoms with Gasteiger partial charge in [0.2, 0.25) is 0 Å². The highest BCUT2D eigenvalue weighted by molar-refractivity contribution is 14.1. The molecule has 3 heteroatoms. The molecule has 0 aliphatic carbocycles. The van der Waals surface area contributed by atoms with E-state index in [1.807, 2.05) is 0 Å². The topological polar surface area (TPSA) is 21.3 Å². The average molecular weight is 393 g/mol. The predicted molar refractivity (Wildman–Crippen MR) is 94.9 cm³/mol. The number of halogens is 1. The van der Waals surface area contributed by atoms with Gasteiger partial charge in [-0.3, -0.25) is 0 Å². The van der Waals surface area contributed by atoms with E-state index >= 15 is 0 Å². The molecule has 0 fully saturated rings. The summed E-state index contributed by atoms with van der Waals surface area (Å²) >= 11 is 2.37.